The van der Waals surface area contributed by atoms with Gasteiger partial charge in [-0.2, -0.15) is 0 Å². The van der Waals surface area contributed by atoms with Crippen LogP contribution >= 0.6 is 35.0 Å². The number of benzene rings is 2. The number of thioether (sulfide) groups is 1. The minimum absolute atomic E-state index is 0.0509. The Kier molecular flexibility index (Phi) is 6.23. The van der Waals surface area contributed by atoms with Crippen molar-refractivity contribution in [1.82, 2.24) is 5.32 Å². The van der Waals surface area contributed by atoms with Crippen LogP contribution in [0.1, 0.15) is 5.56 Å². The number of halogens is 3. The van der Waals surface area contributed by atoms with Crippen LogP contribution in [0.3, 0.4) is 0 Å². The number of aliphatic carboxylic acids is 1. The molecule has 0 atom stereocenters. The van der Waals surface area contributed by atoms with E-state index in [0.717, 1.165) is 11.8 Å². The highest BCUT2D eigenvalue weighted by Crippen LogP contribution is 2.36. The Labute approximate surface area is 173 Å². The van der Waals surface area contributed by atoms with Crippen LogP contribution in [0.15, 0.2) is 46.3 Å². The number of carboxylic acids is 1. The Morgan fingerprint density at radius 2 is 1.89 bits per heavy atom. The van der Waals surface area contributed by atoms with Gasteiger partial charge in [0.2, 0.25) is 0 Å². The third-order valence-electron chi connectivity index (χ3n) is 3.37. The second kappa shape index (κ2) is 8.64. The highest BCUT2D eigenvalue weighted by atomic mass is 35.5. The minimum atomic E-state index is -1.16. The summed E-state index contributed by atoms with van der Waals surface area (Å²) in [5, 5.41) is 11.9. The molecule has 144 valence electrons. The second-order valence-corrected chi connectivity index (χ2v) is 7.30. The lowest BCUT2D eigenvalue weighted by molar-refractivity contribution is -0.139. The molecule has 0 spiro atoms. The number of nitrogens with one attached hydrogen (secondary N) is 1. The van der Waals surface area contributed by atoms with Gasteiger partial charge in [-0.25, -0.2) is 14.2 Å². The lowest BCUT2D eigenvalue weighted by Gasteiger charge is -2.09. The van der Waals surface area contributed by atoms with E-state index in [0.29, 0.717) is 21.3 Å². The number of carbonyl (C=O) groups is 2. The van der Waals surface area contributed by atoms with E-state index in [1.165, 1.54) is 36.4 Å². The van der Waals surface area contributed by atoms with Gasteiger partial charge in [0.25, 0.3) is 5.91 Å². The third kappa shape index (κ3) is 5.03. The van der Waals surface area contributed by atoms with E-state index >= 15 is 0 Å². The molecule has 1 saturated heterocycles. The fourth-order valence-corrected chi connectivity index (χ4v) is 3.65. The van der Waals surface area contributed by atoms with Gasteiger partial charge in [0.1, 0.15) is 5.82 Å². The molecule has 1 aliphatic heterocycles. The van der Waals surface area contributed by atoms with Crippen molar-refractivity contribution in [3.8, 4) is 5.75 Å². The normalized spacial score (nSPS) is 16.5. The van der Waals surface area contributed by atoms with Crippen molar-refractivity contribution >= 4 is 63.8 Å². The maximum atomic E-state index is 13.0. The van der Waals surface area contributed by atoms with E-state index in [4.69, 9.17) is 33.0 Å². The Morgan fingerprint density at radius 3 is 2.50 bits per heavy atom. The molecule has 0 aromatic heterocycles. The molecule has 1 heterocycles. The van der Waals surface area contributed by atoms with Gasteiger partial charge in [-0.1, -0.05) is 23.2 Å². The summed E-state index contributed by atoms with van der Waals surface area (Å²) in [4.78, 5) is 27.4. The number of hydrogen-bond acceptors (Lipinski definition) is 5. The van der Waals surface area contributed by atoms with Gasteiger partial charge in [-0.15, -0.1) is 0 Å². The first-order valence-corrected chi connectivity index (χ1v) is 9.28. The van der Waals surface area contributed by atoms with Crippen LogP contribution in [0.5, 0.6) is 5.75 Å². The molecule has 28 heavy (non-hydrogen) atoms. The smallest absolute Gasteiger partial charge is 0.341 e. The van der Waals surface area contributed by atoms with Crippen LogP contribution < -0.4 is 10.1 Å². The van der Waals surface area contributed by atoms with Gasteiger partial charge in [0.15, 0.2) is 17.5 Å². The van der Waals surface area contributed by atoms with Gasteiger partial charge in [-0.05, 0) is 59.8 Å². The van der Waals surface area contributed by atoms with Crippen LogP contribution in [-0.4, -0.2) is 28.8 Å². The summed E-state index contributed by atoms with van der Waals surface area (Å²) in [5.74, 6) is -1.85. The van der Waals surface area contributed by atoms with Crippen LogP contribution in [0.2, 0.25) is 10.0 Å². The number of amides is 1. The quantitative estimate of drug-likeness (QED) is 0.668. The van der Waals surface area contributed by atoms with Crippen LogP contribution in [-0.2, 0) is 9.59 Å². The molecular weight excluding hydrogens is 430 g/mol. The van der Waals surface area contributed by atoms with Crippen molar-refractivity contribution in [2.75, 3.05) is 6.61 Å². The zero-order chi connectivity index (χ0) is 20.3. The average Bonchev–Trinajstić information content (AvgIpc) is 2.95. The van der Waals surface area contributed by atoms with Gasteiger partial charge in [0, 0.05) is 0 Å². The molecule has 3 rings (SSSR count). The summed E-state index contributed by atoms with van der Waals surface area (Å²) in [6.45, 7) is -0.582. The minimum Gasteiger partial charge on any atom is -0.479 e. The molecule has 1 aliphatic rings. The zero-order valence-electron chi connectivity index (χ0n) is 13.9. The van der Waals surface area contributed by atoms with Gasteiger partial charge >= 0.3 is 5.97 Å². The monoisotopic (exact) mass is 440 g/mol. The molecule has 0 bridgehead atoms. The van der Waals surface area contributed by atoms with Crippen LogP contribution in [0.25, 0.3) is 6.08 Å². The molecule has 2 N–H and O–H groups in total. The highest BCUT2D eigenvalue weighted by Gasteiger charge is 2.24. The Bertz CT molecular complexity index is 986. The summed E-state index contributed by atoms with van der Waals surface area (Å²) >= 11 is 13.3. The zero-order valence-corrected chi connectivity index (χ0v) is 16.2. The predicted molar refractivity (Wildman–Crippen MR) is 107 cm³/mol. The van der Waals surface area contributed by atoms with E-state index in [1.807, 2.05) is 0 Å². The maximum Gasteiger partial charge on any atom is 0.341 e. The molecule has 0 unspecified atom stereocenters. The van der Waals surface area contributed by atoms with E-state index < -0.39 is 12.6 Å². The van der Waals surface area contributed by atoms with Crippen molar-refractivity contribution in [3.63, 3.8) is 0 Å². The lowest BCUT2D eigenvalue weighted by atomic mass is 10.2. The van der Waals surface area contributed by atoms with Crippen molar-refractivity contribution < 1.29 is 23.8 Å². The largest absolute Gasteiger partial charge is 0.479 e. The molecule has 0 aliphatic carbocycles. The maximum absolute atomic E-state index is 13.0. The third-order valence-corrected chi connectivity index (χ3v) is 4.84. The van der Waals surface area contributed by atoms with E-state index in [1.54, 1.807) is 6.08 Å². The van der Waals surface area contributed by atoms with E-state index in [-0.39, 0.29) is 27.5 Å². The number of aliphatic imine (C=N–C) groups is 1. The lowest BCUT2D eigenvalue weighted by Crippen LogP contribution is -2.19. The summed E-state index contributed by atoms with van der Waals surface area (Å²) in [6, 6.07) is 8.53. The number of carbonyl (C=O) groups excluding carboxylic acids is 1. The molecule has 10 heteroatoms. The molecule has 2 aromatic carbocycles. The molecule has 1 fully saturated rings. The summed E-state index contributed by atoms with van der Waals surface area (Å²) in [6.07, 6.45) is 1.56. The predicted octanol–water partition coefficient (Wildman–Crippen LogP) is 4.49. The van der Waals surface area contributed by atoms with E-state index in [2.05, 4.69) is 10.3 Å². The Morgan fingerprint density at radius 1 is 1.25 bits per heavy atom. The Hall–Kier alpha value is -2.55. The van der Waals surface area contributed by atoms with Crippen molar-refractivity contribution in [1.29, 1.82) is 0 Å². The van der Waals surface area contributed by atoms with Crippen molar-refractivity contribution in [2.45, 2.75) is 0 Å². The second-order valence-electron chi connectivity index (χ2n) is 5.45. The van der Waals surface area contributed by atoms with Gasteiger partial charge in [-0.3, -0.25) is 4.79 Å². The average molecular weight is 441 g/mol. The number of carboxylic acid groups (broad SMARTS) is 1. The molecular formula is C18H11Cl2FN2O4S. The summed E-state index contributed by atoms with van der Waals surface area (Å²) in [7, 11) is 0. The first kappa shape index (κ1) is 20.2. The van der Waals surface area contributed by atoms with Gasteiger partial charge in [0.05, 0.1) is 20.6 Å². The number of rotatable bonds is 5. The number of ether oxygens (including phenoxy) is 1. The first-order valence-electron chi connectivity index (χ1n) is 7.70. The fourth-order valence-electron chi connectivity index (χ4n) is 2.20. The standard InChI is InChI=1S/C18H11Cl2FN2O4S/c19-12-5-9(6-13(20)16(12)27-8-15(24)25)7-14-17(26)23-18(28-14)22-11-3-1-10(21)2-4-11/h1-7H,8H2,(H,24,25)(H,22,23,26)/b14-7+. The van der Waals surface area contributed by atoms with Gasteiger partial charge < -0.3 is 15.2 Å². The highest BCUT2D eigenvalue weighted by molar-refractivity contribution is 8.18. The topological polar surface area (TPSA) is 88.0 Å². The molecule has 0 saturated carbocycles. The molecule has 2 aromatic rings. The molecule has 6 nitrogen and oxygen atoms in total. The summed E-state index contributed by atoms with van der Waals surface area (Å²) < 4.78 is 18.0. The summed E-state index contributed by atoms with van der Waals surface area (Å²) in [5.41, 5.74) is 1.02. The Balaban J connectivity index is 1.80. The van der Waals surface area contributed by atoms with Crippen molar-refractivity contribution in [2.24, 2.45) is 4.99 Å². The SMILES string of the molecule is O=C(O)COc1c(Cl)cc(/C=C2/SC(=Nc3ccc(F)cc3)NC2=O)cc1Cl. The van der Waals surface area contributed by atoms with Crippen molar-refractivity contribution in [3.05, 3.63) is 62.7 Å². The van der Waals surface area contributed by atoms with Crippen LogP contribution in [0, 0.1) is 5.82 Å². The number of hydrogen-bond donors (Lipinski definition) is 2. The molecule has 0 radical (unpaired) electrons. The first-order chi connectivity index (χ1) is 13.3. The molecule has 1 amide bonds. The number of amidine groups is 1. The van der Waals surface area contributed by atoms with Crippen LogP contribution in [0.4, 0.5) is 10.1 Å². The van der Waals surface area contributed by atoms with E-state index in [9.17, 15) is 14.0 Å². The number of nitrogens with zero attached hydrogens (tertiary/aromatic N) is 1. The fraction of sp³-hybridized carbons (Fsp3) is 0.0556.